The number of nitrogens with one attached hydrogen (secondary N) is 1. The van der Waals surface area contributed by atoms with Gasteiger partial charge in [0.2, 0.25) is 0 Å². The van der Waals surface area contributed by atoms with Gasteiger partial charge in [0.1, 0.15) is 10.8 Å². The molecule has 1 aliphatic heterocycles. The molecule has 0 spiro atoms. The predicted octanol–water partition coefficient (Wildman–Crippen LogP) is 5.06. The van der Waals surface area contributed by atoms with Gasteiger partial charge in [-0.15, -0.1) is 11.3 Å². The number of ether oxygens (including phenoxy) is 1. The number of hydrogen-bond donors (Lipinski definition) is 1. The first-order valence-corrected chi connectivity index (χ1v) is 9.72. The van der Waals surface area contributed by atoms with E-state index < -0.39 is 0 Å². The van der Waals surface area contributed by atoms with E-state index in [4.69, 9.17) is 9.72 Å². The van der Waals surface area contributed by atoms with Gasteiger partial charge in [0.05, 0.1) is 22.9 Å². The van der Waals surface area contributed by atoms with Crippen molar-refractivity contribution in [3.05, 3.63) is 53.5 Å². The van der Waals surface area contributed by atoms with Gasteiger partial charge < -0.3 is 15.0 Å². The smallest absolute Gasteiger partial charge is 0.322 e. The molecular formula is C20H21N3O2S. The fraction of sp³-hybridized carbons (Fsp3) is 0.300. The Hall–Kier alpha value is -2.60. The summed E-state index contributed by atoms with van der Waals surface area (Å²) in [4.78, 5) is 19.4. The highest BCUT2D eigenvalue weighted by Crippen LogP contribution is 2.36. The van der Waals surface area contributed by atoms with Crippen molar-refractivity contribution < 1.29 is 9.53 Å². The third kappa shape index (κ3) is 3.37. The lowest BCUT2D eigenvalue weighted by Crippen LogP contribution is -2.34. The fourth-order valence-electron chi connectivity index (χ4n) is 3.30. The zero-order valence-electron chi connectivity index (χ0n) is 14.6. The number of benzene rings is 2. The van der Waals surface area contributed by atoms with Crippen LogP contribution in [0.1, 0.15) is 30.8 Å². The normalized spacial score (nSPS) is 16.8. The van der Waals surface area contributed by atoms with Gasteiger partial charge >= 0.3 is 6.03 Å². The molecule has 1 aromatic heterocycles. The highest BCUT2D eigenvalue weighted by molar-refractivity contribution is 7.18. The maximum absolute atomic E-state index is 12.8. The van der Waals surface area contributed by atoms with E-state index in [9.17, 15) is 4.79 Å². The Morgan fingerprint density at radius 3 is 2.85 bits per heavy atom. The van der Waals surface area contributed by atoms with Gasteiger partial charge in [-0.1, -0.05) is 12.1 Å². The average molecular weight is 367 g/mol. The first-order valence-electron chi connectivity index (χ1n) is 8.90. The van der Waals surface area contributed by atoms with Crippen molar-refractivity contribution in [1.29, 1.82) is 0 Å². The van der Waals surface area contributed by atoms with E-state index in [0.29, 0.717) is 6.61 Å². The Bertz CT molecular complexity index is 874. The molecule has 1 aliphatic rings. The second-order valence-electron chi connectivity index (χ2n) is 6.26. The van der Waals surface area contributed by atoms with Crippen molar-refractivity contribution in [2.24, 2.45) is 0 Å². The number of urea groups is 1. The van der Waals surface area contributed by atoms with Crippen LogP contribution in [-0.4, -0.2) is 29.1 Å². The van der Waals surface area contributed by atoms with Crippen LogP contribution in [0.15, 0.2) is 48.5 Å². The number of rotatable bonds is 4. The predicted molar refractivity (Wildman–Crippen MR) is 105 cm³/mol. The van der Waals surface area contributed by atoms with Crippen molar-refractivity contribution in [3.63, 3.8) is 0 Å². The van der Waals surface area contributed by atoms with Crippen LogP contribution in [0.3, 0.4) is 0 Å². The van der Waals surface area contributed by atoms with Crippen LogP contribution in [0, 0.1) is 0 Å². The summed E-state index contributed by atoms with van der Waals surface area (Å²) >= 11 is 1.68. The van der Waals surface area contributed by atoms with Crippen molar-refractivity contribution in [2.75, 3.05) is 18.5 Å². The number of fused-ring (bicyclic) bond motifs is 1. The van der Waals surface area contributed by atoms with E-state index in [1.807, 2.05) is 54.3 Å². The second kappa shape index (κ2) is 7.33. The molecule has 1 saturated heterocycles. The molecule has 0 bridgehead atoms. The van der Waals surface area contributed by atoms with Gasteiger partial charge in [0, 0.05) is 12.2 Å². The lowest BCUT2D eigenvalue weighted by molar-refractivity contribution is 0.207. The van der Waals surface area contributed by atoms with Crippen molar-refractivity contribution in [1.82, 2.24) is 9.88 Å². The standard InChI is InChI=1S/C20H21N3O2S/c1-2-25-15-11-9-14(10-12-15)21-20(24)23-13-5-7-17(23)19-22-16-6-3-4-8-18(16)26-19/h3-4,6,8-12,17H,2,5,7,13H2,1H3,(H,21,24). The van der Waals surface area contributed by atoms with E-state index in [-0.39, 0.29) is 12.1 Å². The second-order valence-corrected chi connectivity index (χ2v) is 7.32. The Kier molecular flexibility index (Phi) is 4.75. The Labute approximate surface area is 156 Å². The molecule has 1 N–H and O–H groups in total. The first-order chi connectivity index (χ1) is 12.7. The molecule has 3 aromatic rings. The molecule has 26 heavy (non-hydrogen) atoms. The third-order valence-corrected chi connectivity index (χ3v) is 5.66. The van der Waals surface area contributed by atoms with Crippen LogP contribution < -0.4 is 10.1 Å². The summed E-state index contributed by atoms with van der Waals surface area (Å²) in [6, 6.07) is 15.6. The molecule has 1 atom stereocenters. The third-order valence-electron chi connectivity index (χ3n) is 4.53. The number of hydrogen-bond acceptors (Lipinski definition) is 4. The molecule has 1 fully saturated rings. The number of likely N-dealkylation sites (tertiary alicyclic amines) is 1. The molecule has 0 radical (unpaired) electrons. The average Bonchev–Trinajstić information content (AvgIpc) is 3.30. The van der Waals surface area contributed by atoms with Crippen molar-refractivity contribution in [2.45, 2.75) is 25.8 Å². The molecule has 4 rings (SSSR count). The van der Waals surface area contributed by atoms with Gasteiger partial charge in [-0.2, -0.15) is 0 Å². The van der Waals surface area contributed by atoms with Crippen molar-refractivity contribution in [3.8, 4) is 5.75 Å². The fourth-order valence-corrected chi connectivity index (χ4v) is 4.41. The topological polar surface area (TPSA) is 54.5 Å². The lowest BCUT2D eigenvalue weighted by atomic mass is 10.2. The Morgan fingerprint density at radius 1 is 1.27 bits per heavy atom. The minimum atomic E-state index is -0.0732. The van der Waals surface area contributed by atoms with E-state index in [0.717, 1.165) is 41.3 Å². The van der Waals surface area contributed by atoms with Gasteiger partial charge in [0.25, 0.3) is 0 Å². The zero-order valence-corrected chi connectivity index (χ0v) is 15.5. The number of para-hydroxylation sites is 1. The Balaban J connectivity index is 1.49. The molecule has 2 amide bonds. The van der Waals surface area contributed by atoms with Crippen LogP contribution in [0.2, 0.25) is 0 Å². The number of carbonyl (C=O) groups excluding carboxylic acids is 1. The molecule has 2 aromatic carbocycles. The molecule has 1 unspecified atom stereocenters. The van der Waals surface area contributed by atoms with Crippen LogP contribution >= 0.6 is 11.3 Å². The molecule has 0 saturated carbocycles. The SMILES string of the molecule is CCOc1ccc(NC(=O)N2CCCC2c2nc3ccccc3s2)cc1. The van der Waals surface area contributed by atoms with Crippen LogP contribution in [0.25, 0.3) is 10.2 Å². The highest BCUT2D eigenvalue weighted by atomic mass is 32.1. The molecule has 2 heterocycles. The van der Waals surface area contributed by atoms with E-state index >= 15 is 0 Å². The van der Waals surface area contributed by atoms with Gasteiger partial charge in [-0.25, -0.2) is 9.78 Å². The van der Waals surface area contributed by atoms with Crippen molar-refractivity contribution >= 4 is 33.3 Å². The summed E-state index contributed by atoms with van der Waals surface area (Å²) in [6.07, 6.45) is 1.95. The monoisotopic (exact) mass is 367 g/mol. The minimum absolute atomic E-state index is 0.0510. The number of anilines is 1. The van der Waals surface area contributed by atoms with E-state index in [1.54, 1.807) is 11.3 Å². The first kappa shape index (κ1) is 16.8. The Morgan fingerprint density at radius 2 is 2.08 bits per heavy atom. The van der Waals surface area contributed by atoms with Gasteiger partial charge in [-0.05, 0) is 56.2 Å². The van der Waals surface area contributed by atoms with Crippen LogP contribution in [0.4, 0.5) is 10.5 Å². The number of thiazole rings is 1. The summed E-state index contributed by atoms with van der Waals surface area (Å²) in [5.41, 5.74) is 1.78. The molecule has 5 nitrogen and oxygen atoms in total. The summed E-state index contributed by atoms with van der Waals surface area (Å²) in [5, 5.41) is 4.01. The molecule has 6 heteroatoms. The maximum atomic E-state index is 12.8. The molecule has 0 aliphatic carbocycles. The summed E-state index contributed by atoms with van der Waals surface area (Å²) in [6.45, 7) is 3.33. The number of amides is 2. The van der Waals surface area contributed by atoms with Gasteiger partial charge in [-0.3, -0.25) is 0 Å². The number of nitrogens with zero attached hydrogens (tertiary/aromatic N) is 2. The molecular weight excluding hydrogens is 346 g/mol. The lowest BCUT2D eigenvalue weighted by Gasteiger charge is -2.23. The highest BCUT2D eigenvalue weighted by Gasteiger charge is 2.32. The minimum Gasteiger partial charge on any atom is -0.494 e. The number of aromatic nitrogens is 1. The van der Waals surface area contributed by atoms with Crippen LogP contribution in [0.5, 0.6) is 5.75 Å². The van der Waals surface area contributed by atoms with E-state index in [2.05, 4.69) is 11.4 Å². The van der Waals surface area contributed by atoms with E-state index in [1.165, 1.54) is 4.70 Å². The van der Waals surface area contributed by atoms with Crippen LogP contribution in [-0.2, 0) is 0 Å². The summed E-state index contributed by atoms with van der Waals surface area (Å²) in [5.74, 6) is 0.805. The largest absolute Gasteiger partial charge is 0.494 e. The maximum Gasteiger partial charge on any atom is 0.322 e. The molecule has 134 valence electrons. The quantitative estimate of drug-likeness (QED) is 0.701. The number of carbonyl (C=O) groups is 1. The van der Waals surface area contributed by atoms with Gasteiger partial charge in [0.15, 0.2) is 0 Å². The summed E-state index contributed by atoms with van der Waals surface area (Å²) < 4.78 is 6.61. The zero-order chi connectivity index (χ0) is 17.9. The summed E-state index contributed by atoms with van der Waals surface area (Å²) in [7, 11) is 0.